The Kier molecular flexibility index (Phi) is 5.68. The molecule has 2 aliphatic rings. The number of anilines is 1. The number of oxazole rings is 1. The monoisotopic (exact) mass is 413 g/mol. The van der Waals surface area contributed by atoms with E-state index in [2.05, 4.69) is 62.2 Å². The molecule has 2 aromatic heterocycles. The minimum atomic E-state index is 0.284. The Morgan fingerprint density at radius 3 is 2.65 bits per heavy atom. The Hall–Kier alpha value is -3.17. The molecule has 158 valence electrons. The molecule has 2 unspecified atom stereocenters. The van der Waals surface area contributed by atoms with Crippen LogP contribution in [0.25, 0.3) is 0 Å². The van der Waals surface area contributed by atoms with Crippen LogP contribution in [0.5, 0.6) is 0 Å². The molecular weight excluding hydrogens is 386 g/mol. The van der Waals surface area contributed by atoms with Gasteiger partial charge in [-0.3, -0.25) is 4.98 Å². The van der Waals surface area contributed by atoms with Crippen molar-refractivity contribution in [2.45, 2.75) is 31.1 Å². The Labute approximate surface area is 183 Å². The molecule has 0 amide bonds. The van der Waals surface area contributed by atoms with Crippen LogP contribution in [-0.2, 0) is 6.42 Å². The average molecular weight is 414 g/mol. The summed E-state index contributed by atoms with van der Waals surface area (Å²) in [4.78, 5) is 13.4. The Balaban J connectivity index is 1.23. The fourth-order valence-corrected chi connectivity index (χ4v) is 4.54. The highest BCUT2D eigenvalue weighted by Gasteiger charge is 2.44. The molecule has 1 saturated carbocycles. The first kappa shape index (κ1) is 19.8. The molecule has 6 heteroatoms. The summed E-state index contributed by atoms with van der Waals surface area (Å²) in [5.74, 6) is 2.12. The molecule has 31 heavy (non-hydrogen) atoms. The van der Waals surface area contributed by atoms with Crippen molar-refractivity contribution in [3.63, 3.8) is 0 Å². The molecule has 0 N–H and O–H groups in total. The highest BCUT2D eigenvalue weighted by molar-refractivity contribution is 5.49. The largest absolute Gasteiger partial charge is 0.423 e. The summed E-state index contributed by atoms with van der Waals surface area (Å²) in [5, 5.41) is 9.67. The van der Waals surface area contributed by atoms with Crippen molar-refractivity contribution in [1.29, 1.82) is 5.26 Å². The van der Waals surface area contributed by atoms with Gasteiger partial charge in [-0.15, -0.1) is 0 Å². The second-order valence-electron chi connectivity index (χ2n) is 8.46. The minimum absolute atomic E-state index is 0.284. The van der Waals surface area contributed by atoms with Gasteiger partial charge < -0.3 is 14.2 Å². The van der Waals surface area contributed by atoms with Gasteiger partial charge in [0.1, 0.15) is 6.07 Å². The molecule has 1 aliphatic heterocycles. The van der Waals surface area contributed by atoms with Gasteiger partial charge in [-0.05, 0) is 55.0 Å². The Morgan fingerprint density at radius 1 is 1.00 bits per heavy atom. The highest BCUT2D eigenvalue weighted by Crippen LogP contribution is 2.54. The average Bonchev–Trinajstić information content (AvgIpc) is 3.57. The maximum atomic E-state index is 9.67. The van der Waals surface area contributed by atoms with Crippen LogP contribution >= 0.6 is 0 Å². The van der Waals surface area contributed by atoms with Gasteiger partial charge in [0, 0.05) is 44.5 Å². The van der Waals surface area contributed by atoms with Crippen molar-refractivity contribution in [2.75, 3.05) is 37.6 Å². The molecule has 0 radical (unpaired) electrons. The zero-order valence-corrected chi connectivity index (χ0v) is 17.7. The lowest BCUT2D eigenvalue weighted by atomic mass is 10.1. The molecule has 6 nitrogen and oxygen atoms in total. The van der Waals surface area contributed by atoms with Gasteiger partial charge in [0.2, 0.25) is 17.5 Å². The first-order chi connectivity index (χ1) is 15.3. The Morgan fingerprint density at radius 2 is 1.84 bits per heavy atom. The SMILES string of the molecule is N#Cc1nc(C2CC2c2ccccc2)oc1N1CCCN(CCc2ccncc2)CC1. The maximum absolute atomic E-state index is 9.67. The molecule has 0 bridgehead atoms. The molecule has 1 saturated heterocycles. The van der Waals surface area contributed by atoms with Crippen LogP contribution in [0.15, 0.2) is 59.3 Å². The number of benzene rings is 1. The number of nitrogens with zero attached hydrogens (tertiary/aromatic N) is 5. The lowest BCUT2D eigenvalue weighted by molar-refractivity contribution is 0.297. The normalized spacial score (nSPS) is 21.5. The van der Waals surface area contributed by atoms with Crippen molar-refractivity contribution in [2.24, 2.45) is 0 Å². The standard InChI is InChI=1S/C25H27N5O/c26-18-23-25(31-24(28-23)22-17-21(22)20-5-2-1-3-6-20)30-13-4-12-29(15-16-30)14-9-19-7-10-27-11-8-19/h1-3,5-8,10-11,21-22H,4,9,12-17H2. The summed E-state index contributed by atoms with van der Waals surface area (Å²) in [6, 6.07) is 16.9. The van der Waals surface area contributed by atoms with Crippen LogP contribution in [0, 0.1) is 11.3 Å². The number of pyridine rings is 1. The third-order valence-electron chi connectivity index (χ3n) is 6.41. The predicted octanol–water partition coefficient (Wildman–Crippen LogP) is 3.97. The van der Waals surface area contributed by atoms with E-state index in [1.54, 1.807) is 0 Å². The van der Waals surface area contributed by atoms with E-state index >= 15 is 0 Å². The van der Waals surface area contributed by atoms with Crippen molar-refractivity contribution in [1.82, 2.24) is 14.9 Å². The van der Waals surface area contributed by atoms with Gasteiger partial charge in [-0.2, -0.15) is 5.26 Å². The van der Waals surface area contributed by atoms with Crippen LogP contribution in [0.3, 0.4) is 0 Å². The molecule has 2 fully saturated rings. The lowest BCUT2D eigenvalue weighted by Gasteiger charge is -2.21. The maximum Gasteiger partial charge on any atom is 0.234 e. The zero-order valence-electron chi connectivity index (χ0n) is 17.7. The smallest absolute Gasteiger partial charge is 0.234 e. The van der Waals surface area contributed by atoms with Gasteiger partial charge in [0.15, 0.2) is 0 Å². The predicted molar refractivity (Wildman–Crippen MR) is 119 cm³/mol. The van der Waals surface area contributed by atoms with E-state index < -0.39 is 0 Å². The fraction of sp³-hybridized carbons (Fsp3) is 0.400. The molecule has 0 spiro atoms. The molecule has 3 aromatic rings. The van der Waals surface area contributed by atoms with Crippen molar-refractivity contribution in [3.05, 3.63) is 77.6 Å². The van der Waals surface area contributed by atoms with E-state index in [-0.39, 0.29) is 5.92 Å². The van der Waals surface area contributed by atoms with Crippen molar-refractivity contribution >= 4 is 5.88 Å². The first-order valence-electron chi connectivity index (χ1n) is 11.1. The van der Waals surface area contributed by atoms with Crippen LogP contribution < -0.4 is 4.90 Å². The summed E-state index contributed by atoms with van der Waals surface area (Å²) in [6.07, 6.45) is 6.82. The second kappa shape index (κ2) is 8.91. The quantitative estimate of drug-likeness (QED) is 0.609. The van der Waals surface area contributed by atoms with E-state index in [0.717, 1.165) is 57.9 Å². The summed E-state index contributed by atoms with van der Waals surface area (Å²) >= 11 is 0. The molecule has 1 aliphatic carbocycles. The summed E-state index contributed by atoms with van der Waals surface area (Å²) in [6.45, 7) is 4.80. The third-order valence-corrected chi connectivity index (χ3v) is 6.41. The molecular formula is C25H27N5O. The molecule has 2 atom stereocenters. The van der Waals surface area contributed by atoms with E-state index in [1.807, 2.05) is 18.5 Å². The van der Waals surface area contributed by atoms with E-state index in [4.69, 9.17) is 4.42 Å². The van der Waals surface area contributed by atoms with Gasteiger partial charge in [-0.25, -0.2) is 4.98 Å². The zero-order chi connectivity index (χ0) is 21.0. The number of hydrogen-bond donors (Lipinski definition) is 0. The van der Waals surface area contributed by atoms with Crippen molar-refractivity contribution < 1.29 is 4.42 Å². The lowest BCUT2D eigenvalue weighted by Crippen LogP contribution is -2.32. The summed E-state index contributed by atoms with van der Waals surface area (Å²) < 4.78 is 6.21. The Bertz CT molecular complexity index is 1040. The minimum Gasteiger partial charge on any atom is -0.423 e. The van der Waals surface area contributed by atoms with Crippen molar-refractivity contribution in [3.8, 4) is 6.07 Å². The number of rotatable bonds is 6. The number of aromatic nitrogens is 2. The second-order valence-corrected chi connectivity index (χ2v) is 8.46. The molecule has 5 rings (SSSR count). The van der Waals surface area contributed by atoms with Gasteiger partial charge in [-0.1, -0.05) is 30.3 Å². The van der Waals surface area contributed by atoms with Crippen LogP contribution in [0.1, 0.15) is 47.4 Å². The topological polar surface area (TPSA) is 69.2 Å². The first-order valence-corrected chi connectivity index (χ1v) is 11.1. The summed E-state index contributed by atoms with van der Waals surface area (Å²) in [5.41, 5.74) is 3.07. The molecule has 3 heterocycles. The van der Waals surface area contributed by atoms with E-state index in [0.29, 0.717) is 17.5 Å². The number of hydrogen-bond acceptors (Lipinski definition) is 6. The highest BCUT2D eigenvalue weighted by atomic mass is 16.4. The van der Waals surface area contributed by atoms with Gasteiger partial charge in [0.05, 0.1) is 0 Å². The van der Waals surface area contributed by atoms with Gasteiger partial charge >= 0.3 is 0 Å². The summed E-state index contributed by atoms with van der Waals surface area (Å²) in [7, 11) is 0. The van der Waals surface area contributed by atoms with E-state index in [1.165, 1.54) is 11.1 Å². The van der Waals surface area contributed by atoms with Crippen LogP contribution in [-0.4, -0.2) is 47.6 Å². The van der Waals surface area contributed by atoms with Gasteiger partial charge in [0.25, 0.3) is 0 Å². The van der Waals surface area contributed by atoms with E-state index in [9.17, 15) is 5.26 Å². The van der Waals surface area contributed by atoms with Crippen LogP contribution in [0.2, 0.25) is 0 Å². The molecule has 1 aromatic carbocycles. The van der Waals surface area contributed by atoms with Crippen LogP contribution in [0.4, 0.5) is 5.88 Å². The number of nitriles is 1. The third kappa shape index (κ3) is 4.47. The fourth-order valence-electron chi connectivity index (χ4n) is 4.54.